The summed E-state index contributed by atoms with van der Waals surface area (Å²) in [4.78, 5) is 19.9. The Labute approximate surface area is 135 Å². The maximum Gasteiger partial charge on any atom is 0.314 e. The maximum absolute atomic E-state index is 11.3. The zero-order valence-electron chi connectivity index (χ0n) is 13.6. The van der Waals surface area contributed by atoms with E-state index in [9.17, 15) is 9.90 Å². The molecule has 0 radical (unpaired) electrons. The van der Waals surface area contributed by atoms with Crippen molar-refractivity contribution in [1.82, 2.24) is 20.4 Å². The number of rotatable bonds is 8. The molecule has 2 aromatic heterocycles. The summed E-state index contributed by atoms with van der Waals surface area (Å²) in [6.07, 6.45) is 4.39. The number of hydrogen-bond acceptors (Lipinski definition) is 6. The number of hydrogen-bond donors (Lipinski definition) is 2. The number of carboxylic acids is 1. The van der Waals surface area contributed by atoms with Gasteiger partial charge in [-0.1, -0.05) is 25.9 Å². The molecule has 0 spiro atoms. The van der Waals surface area contributed by atoms with Crippen LogP contribution in [0.5, 0.6) is 0 Å². The lowest BCUT2D eigenvalue weighted by molar-refractivity contribution is -0.140. The smallest absolute Gasteiger partial charge is 0.314 e. The molecule has 7 heteroatoms. The van der Waals surface area contributed by atoms with Gasteiger partial charge in [-0.3, -0.25) is 4.79 Å². The summed E-state index contributed by atoms with van der Waals surface area (Å²) >= 11 is 0. The van der Waals surface area contributed by atoms with E-state index in [4.69, 9.17) is 4.52 Å². The van der Waals surface area contributed by atoms with E-state index in [1.54, 1.807) is 18.5 Å². The van der Waals surface area contributed by atoms with Crippen molar-refractivity contribution < 1.29 is 14.4 Å². The van der Waals surface area contributed by atoms with Crippen LogP contribution < -0.4 is 5.32 Å². The summed E-state index contributed by atoms with van der Waals surface area (Å²) < 4.78 is 5.21. The lowest BCUT2D eigenvalue weighted by atomic mass is 9.93. The second-order valence-electron chi connectivity index (χ2n) is 5.74. The molecule has 0 saturated heterocycles. The van der Waals surface area contributed by atoms with Gasteiger partial charge < -0.3 is 14.9 Å². The minimum absolute atomic E-state index is 0.0865. The number of nitrogens with zero attached hydrogens (tertiary/aromatic N) is 3. The molecule has 23 heavy (non-hydrogen) atoms. The lowest BCUT2D eigenvalue weighted by Gasteiger charge is -2.11. The van der Waals surface area contributed by atoms with Crippen molar-refractivity contribution in [3.63, 3.8) is 0 Å². The average Bonchev–Trinajstić information content (AvgIpc) is 2.97. The Hall–Kier alpha value is -2.28. The fourth-order valence-electron chi connectivity index (χ4n) is 2.26. The number of carbonyl (C=O) groups is 1. The maximum atomic E-state index is 11.3. The van der Waals surface area contributed by atoms with Crippen molar-refractivity contribution in [2.75, 3.05) is 6.54 Å². The van der Waals surface area contributed by atoms with Crippen molar-refractivity contribution in [1.29, 1.82) is 0 Å². The Morgan fingerprint density at radius 3 is 2.61 bits per heavy atom. The van der Waals surface area contributed by atoms with E-state index in [1.807, 2.05) is 13.8 Å². The molecule has 0 aliphatic carbocycles. The molecule has 2 aromatic rings. The molecule has 0 aliphatic heterocycles. The van der Waals surface area contributed by atoms with Crippen LogP contribution in [0.3, 0.4) is 0 Å². The predicted molar refractivity (Wildman–Crippen MR) is 84.7 cm³/mol. The lowest BCUT2D eigenvalue weighted by Crippen LogP contribution is -2.16. The van der Waals surface area contributed by atoms with Crippen LogP contribution in [0.2, 0.25) is 0 Å². The summed E-state index contributed by atoms with van der Waals surface area (Å²) in [5.74, 6) is -0.671. The fraction of sp³-hybridized carbons (Fsp3) is 0.500. The monoisotopic (exact) mass is 318 g/mol. The summed E-state index contributed by atoms with van der Waals surface area (Å²) in [6, 6.07) is 1.65. The van der Waals surface area contributed by atoms with Crippen LogP contribution in [0.25, 0.3) is 11.3 Å². The van der Waals surface area contributed by atoms with Crippen LogP contribution in [0.4, 0.5) is 0 Å². The zero-order chi connectivity index (χ0) is 16.8. The summed E-state index contributed by atoms with van der Waals surface area (Å²) in [6.45, 7) is 7.31. The highest BCUT2D eigenvalue weighted by Crippen LogP contribution is 2.28. The molecule has 1 atom stereocenters. The molecule has 0 fully saturated rings. The van der Waals surface area contributed by atoms with E-state index in [0.717, 1.165) is 13.0 Å². The van der Waals surface area contributed by atoms with Gasteiger partial charge in [-0.2, -0.15) is 0 Å². The first-order chi connectivity index (χ1) is 11.0. The van der Waals surface area contributed by atoms with Crippen molar-refractivity contribution in [2.24, 2.45) is 5.92 Å². The minimum atomic E-state index is -0.920. The van der Waals surface area contributed by atoms with Gasteiger partial charge in [-0.15, -0.1) is 0 Å². The quantitative estimate of drug-likeness (QED) is 0.721. The summed E-state index contributed by atoms with van der Waals surface area (Å²) in [5, 5.41) is 16.5. The van der Waals surface area contributed by atoms with Gasteiger partial charge in [0.2, 0.25) is 0 Å². The van der Waals surface area contributed by atoms with Crippen LogP contribution in [0.15, 0.2) is 23.0 Å². The number of nitrogens with one attached hydrogen (secondary N) is 1. The van der Waals surface area contributed by atoms with E-state index in [0.29, 0.717) is 29.4 Å². The van der Waals surface area contributed by atoms with Gasteiger partial charge in [0, 0.05) is 24.0 Å². The Balaban J connectivity index is 2.12. The highest BCUT2D eigenvalue weighted by molar-refractivity contribution is 5.76. The Bertz CT molecular complexity index is 637. The molecule has 124 valence electrons. The fourth-order valence-corrected chi connectivity index (χ4v) is 2.26. The summed E-state index contributed by atoms with van der Waals surface area (Å²) in [5.41, 5.74) is 1.24. The number of carboxylic acid groups (broad SMARTS) is 1. The highest BCUT2D eigenvalue weighted by atomic mass is 16.5. The van der Waals surface area contributed by atoms with Gasteiger partial charge in [-0.05, 0) is 18.9 Å². The largest absolute Gasteiger partial charge is 0.481 e. The van der Waals surface area contributed by atoms with Crippen molar-refractivity contribution >= 4 is 5.97 Å². The van der Waals surface area contributed by atoms with E-state index in [2.05, 4.69) is 27.4 Å². The van der Waals surface area contributed by atoms with Crippen LogP contribution in [0.1, 0.15) is 44.7 Å². The standard InChI is InChI=1S/C16H22N4O3/c1-4-5-17-9-14-18-7-11(8-19-14)12-6-13(23-20-12)15(10(2)3)16(21)22/h6-8,10,15,17H,4-5,9H2,1-3H3,(H,21,22). The first-order valence-corrected chi connectivity index (χ1v) is 7.74. The predicted octanol–water partition coefficient (Wildman–Crippen LogP) is 2.46. The highest BCUT2D eigenvalue weighted by Gasteiger charge is 2.28. The van der Waals surface area contributed by atoms with E-state index >= 15 is 0 Å². The Morgan fingerprint density at radius 2 is 2.04 bits per heavy atom. The molecule has 0 saturated carbocycles. The molecule has 1 unspecified atom stereocenters. The molecule has 2 rings (SSSR count). The summed E-state index contributed by atoms with van der Waals surface area (Å²) in [7, 11) is 0. The molecule has 2 heterocycles. The van der Waals surface area contributed by atoms with Gasteiger partial charge in [-0.25, -0.2) is 9.97 Å². The van der Waals surface area contributed by atoms with Crippen LogP contribution in [0, 0.1) is 5.92 Å². The van der Waals surface area contributed by atoms with E-state index < -0.39 is 11.9 Å². The second-order valence-corrected chi connectivity index (χ2v) is 5.74. The minimum Gasteiger partial charge on any atom is -0.481 e. The SMILES string of the molecule is CCCNCc1ncc(-c2cc(C(C(=O)O)C(C)C)on2)cn1. The zero-order valence-corrected chi connectivity index (χ0v) is 13.6. The van der Waals surface area contributed by atoms with E-state index in [1.165, 1.54) is 0 Å². The Morgan fingerprint density at radius 1 is 1.35 bits per heavy atom. The third-order valence-corrected chi connectivity index (χ3v) is 3.48. The molecule has 0 aromatic carbocycles. The topological polar surface area (TPSA) is 101 Å². The number of aliphatic carboxylic acids is 1. The first-order valence-electron chi connectivity index (χ1n) is 7.74. The van der Waals surface area contributed by atoms with Crippen LogP contribution in [-0.4, -0.2) is 32.7 Å². The molecular formula is C16H22N4O3. The second kappa shape index (κ2) is 7.82. The third kappa shape index (κ3) is 4.35. The van der Waals surface area contributed by atoms with Gasteiger partial charge in [0.1, 0.15) is 17.4 Å². The number of aromatic nitrogens is 3. The van der Waals surface area contributed by atoms with Gasteiger partial charge in [0.05, 0.1) is 6.54 Å². The average molecular weight is 318 g/mol. The Kier molecular flexibility index (Phi) is 5.81. The normalized spacial score (nSPS) is 12.5. The van der Waals surface area contributed by atoms with Gasteiger partial charge >= 0.3 is 5.97 Å². The first kappa shape index (κ1) is 17.1. The van der Waals surface area contributed by atoms with Crippen molar-refractivity contribution in [3.8, 4) is 11.3 Å². The van der Waals surface area contributed by atoms with E-state index in [-0.39, 0.29) is 5.92 Å². The van der Waals surface area contributed by atoms with Crippen molar-refractivity contribution in [2.45, 2.75) is 39.7 Å². The molecule has 0 amide bonds. The van der Waals surface area contributed by atoms with Crippen molar-refractivity contribution in [3.05, 3.63) is 30.0 Å². The van der Waals surface area contributed by atoms with Gasteiger partial charge in [0.25, 0.3) is 0 Å². The molecule has 2 N–H and O–H groups in total. The molecule has 0 aliphatic rings. The molecule has 7 nitrogen and oxygen atoms in total. The molecule has 0 bridgehead atoms. The van der Waals surface area contributed by atoms with Gasteiger partial charge in [0.15, 0.2) is 5.76 Å². The molecular weight excluding hydrogens is 296 g/mol. The van der Waals surface area contributed by atoms with Crippen LogP contribution in [-0.2, 0) is 11.3 Å². The third-order valence-electron chi connectivity index (χ3n) is 3.48. The van der Waals surface area contributed by atoms with Crippen LogP contribution >= 0.6 is 0 Å².